The van der Waals surface area contributed by atoms with E-state index < -0.39 is 0 Å². The van der Waals surface area contributed by atoms with Crippen LogP contribution in [0.15, 0.2) is 22.7 Å². The van der Waals surface area contributed by atoms with Gasteiger partial charge in [0.1, 0.15) is 5.75 Å². The summed E-state index contributed by atoms with van der Waals surface area (Å²) in [4.78, 5) is 0. The first kappa shape index (κ1) is 12.5. The van der Waals surface area contributed by atoms with E-state index in [1.54, 1.807) is 0 Å². The number of halogens is 2. The zero-order valence-electron chi connectivity index (χ0n) is 8.17. The van der Waals surface area contributed by atoms with Crippen molar-refractivity contribution in [2.75, 3.05) is 6.61 Å². The third-order valence-electron chi connectivity index (χ3n) is 1.86. The normalized spacial score (nSPS) is 9.67. The summed E-state index contributed by atoms with van der Waals surface area (Å²) in [5.74, 6) is 0.882. The molecule has 0 saturated carbocycles. The Hall–Kier alpha value is -0.530. The molecule has 1 aromatic rings. The highest BCUT2D eigenvalue weighted by molar-refractivity contribution is 9.10. The molecule has 80 valence electrons. The number of unbranched alkanes of at least 4 members (excludes halogenated alkanes) is 1. The first-order valence-corrected chi connectivity index (χ1v) is 6.53. The first-order chi connectivity index (χ1) is 7.27. The molecule has 0 aliphatic carbocycles. The Bertz CT molecular complexity index is 360. The lowest BCUT2D eigenvalue weighted by atomic mass is 10.2. The molecule has 1 aromatic carbocycles. The van der Waals surface area contributed by atoms with Crippen molar-refractivity contribution in [1.82, 2.24) is 0 Å². The number of hydrogen-bond donors (Lipinski definition) is 0. The van der Waals surface area contributed by atoms with Crippen LogP contribution < -0.4 is 4.74 Å². The molecule has 0 spiro atoms. The van der Waals surface area contributed by atoms with Gasteiger partial charge in [-0.05, 0) is 24.6 Å². The molecule has 1 rings (SSSR count). The zero-order valence-corrected chi connectivity index (χ0v) is 11.3. The maximum absolute atomic E-state index is 8.38. The van der Waals surface area contributed by atoms with Gasteiger partial charge < -0.3 is 4.74 Å². The highest BCUT2D eigenvalue weighted by Gasteiger charge is 2.02. The van der Waals surface area contributed by atoms with Crippen LogP contribution in [-0.4, -0.2) is 6.61 Å². The molecular formula is C11H11Br2NO. The Labute approximate surface area is 106 Å². The molecule has 0 amide bonds. The Morgan fingerprint density at radius 1 is 1.40 bits per heavy atom. The van der Waals surface area contributed by atoms with E-state index in [4.69, 9.17) is 10.00 Å². The SMILES string of the molecule is N#CCCCOc1ccc(Br)cc1CBr. The van der Waals surface area contributed by atoms with Crippen LogP contribution in [0, 0.1) is 11.3 Å². The minimum absolute atomic E-state index is 0.542. The molecule has 0 N–H and O–H groups in total. The lowest BCUT2D eigenvalue weighted by Gasteiger charge is -2.09. The Balaban J connectivity index is 2.57. The van der Waals surface area contributed by atoms with Crippen molar-refractivity contribution in [1.29, 1.82) is 5.26 Å². The van der Waals surface area contributed by atoms with Crippen LogP contribution in [0.1, 0.15) is 18.4 Å². The minimum atomic E-state index is 0.542. The number of hydrogen-bond acceptors (Lipinski definition) is 2. The highest BCUT2D eigenvalue weighted by Crippen LogP contribution is 2.25. The van der Waals surface area contributed by atoms with Crippen LogP contribution >= 0.6 is 31.9 Å². The van der Waals surface area contributed by atoms with Crippen molar-refractivity contribution < 1.29 is 4.74 Å². The van der Waals surface area contributed by atoms with Gasteiger partial charge in [-0.15, -0.1) is 0 Å². The first-order valence-electron chi connectivity index (χ1n) is 4.62. The van der Waals surface area contributed by atoms with Gasteiger partial charge in [0.25, 0.3) is 0 Å². The van der Waals surface area contributed by atoms with E-state index in [0.29, 0.717) is 13.0 Å². The predicted molar refractivity (Wildman–Crippen MR) is 67.1 cm³/mol. The number of ether oxygens (including phenoxy) is 1. The third kappa shape index (κ3) is 4.23. The van der Waals surface area contributed by atoms with E-state index in [1.807, 2.05) is 18.2 Å². The second kappa shape index (κ2) is 6.86. The molecule has 0 radical (unpaired) electrons. The average Bonchev–Trinajstić information content (AvgIpc) is 2.26. The fourth-order valence-corrected chi connectivity index (χ4v) is 1.97. The van der Waals surface area contributed by atoms with Crippen molar-refractivity contribution in [3.63, 3.8) is 0 Å². The van der Waals surface area contributed by atoms with E-state index in [2.05, 4.69) is 37.9 Å². The minimum Gasteiger partial charge on any atom is -0.493 e. The van der Waals surface area contributed by atoms with Crippen LogP contribution in [0.3, 0.4) is 0 Å². The molecule has 0 heterocycles. The van der Waals surface area contributed by atoms with Crippen LogP contribution in [0.2, 0.25) is 0 Å². The predicted octanol–water partition coefficient (Wildman–Crippen LogP) is 4.03. The van der Waals surface area contributed by atoms with Gasteiger partial charge in [0.15, 0.2) is 0 Å². The largest absolute Gasteiger partial charge is 0.493 e. The van der Waals surface area contributed by atoms with Gasteiger partial charge in [0.05, 0.1) is 12.7 Å². The molecular weight excluding hydrogens is 322 g/mol. The molecule has 0 aromatic heterocycles. The van der Waals surface area contributed by atoms with Crippen LogP contribution in [0.25, 0.3) is 0 Å². The summed E-state index contributed by atoms with van der Waals surface area (Å²) >= 11 is 6.82. The van der Waals surface area contributed by atoms with E-state index in [0.717, 1.165) is 27.5 Å². The molecule has 0 atom stereocenters. The average molecular weight is 333 g/mol. The summed E-state index contributed by atoms with van der Waals surface area (Å²) in [6.07, 6.45) is 1.31. The van der Waals surface area contributed by atoms with Crippen molar-refractivity contribution >= 4 is 31.9 Å². The standard InChI is InChI=1S/C11H11Br2NO/c12-8-9-7-10(13)3-4-11(9)15-6-2-1-5-14/h3-4,7H,1-2,6,8H2. The number of nitriles is 1. The second-order valence-corrected chi connectivity index (χ2v) is 4.47. The number of alkyl halides is 1. The molecule has 4 heteroatoms. The van der Waals surface area contributed by atoms with Gasteiger partial charge in [0.2, 0.25) is 0 Å². The van der Waals surface area contributed by atoms with E-state index in [1.165, 1.54) is 0 Å². The van der Waals surface area contributed by atoms with Crippen LogP contribution in [0.5, 0.6) is 5.75 Å². The fourth-order valence-electron chi connectivity index (χ4n) is 1.13. The van der Waals surface area contributed by atoms with Crippen molar-refractivity contribution in [3.05, 3.63) is 28.2 Å². The number of benzene rings is 1. The monoisotopic (exact) mass is 331 g/mol. The van der Waals surface area contributed by atoms with Gasteiger partial charge in [-0.3, -0.25) is 0 Å². The molecule has 0 fully saturated rings. The van der Waals surface area contributed by atoms with Crippen LogP contribution in [-0.2, 0) is 5.33 Å². The number of rotatable bonds is 5. The Morgan fingerprint density at radius 2 is 2.20 bits per heavy atom. The van der Waals surface area contributed by atoms with E-state index in [9.17, 15) is 0 Å². The molecule has 0 saturated heterocycles. The number of nitrogens with zero attached hydrogens (tertiary/aromatic N) is 1. The summed E-state index contributed by atoms with van der Waals surface area (Å²) in [5.41, 5.74) is 1.11. The maximum Gasteiger partial charge on any atom is 0.123 e. The molecule has 2 nitrogen and oxygen atoms in total. The molecule has 0 aliphatic rings. The summed E-state index contributed by atoms with van der Waals surface area (Å²) in [5, 5.41) is 9.15. The molecule has 0 unspecified atom stereocenters. The summed E-state index contributed by atoms with van der Waals surface area (Å²) in [6, 6.07) is 8.00. The quantitative estimate of drug-likeness (QED) is 0.602. The second-order valence-electron chi connectivity index (χ2n) is 3.00. The Morgan fingerprint density at radius 3 is 2.87 bits per heavy atom. The van der Waals surface area contributed by atoms with Crippen molar-refractivity contribution in [3.8, 4) is 11.8 Å². The topological polar surface area (TPSA) is 33.0 Å². The molecule has 0 bridgehead atoms. The highest BCUT2D eigenvalue weighted by atomic mass is 79.9. The van der Waals surface area contributed by atoms with Gasteiger partial charge in [0, 0.05) is 21.8 Å². The molecule has 0 aliphatic heterocycles. The zero-order chi connectivity index (χ0) is 11.1. The summed E-state index contributed by atoms with van der Waals surface area (Å²) in [6.45, 7) is 0.592. The van der Waals surface area contributed by atoms with Gasteiger partial charge in [-0.1, -0.05) is 31.9 Å². The third-order valence-corrected chi connectivity index (χ3v) is 2.95. The lowest BCUT2D eigenvalue weighted by Crippen LogP contribution is -1.99. The van der Waals surface area contributed by atoms with E-state index in [-0.39, 0.29) is 0 Å². The van der Waals surface area contributed by atoms with Crippen molar-refractivity contribution in [2.45, 2.75) is 18.2 Å². The summed E-state index contributed by atoms with van der Waals surface area (Å²) < 4.78 is 6.63. The maximum atomic E-state index is 8.38. The lowest BCUT2D eigenvalue weighted by molar-refractivity contribution is 0.310. The van der Waals surface area contributed by atoms with Crippen molar-refractivity contribution in [2.24, 2.45) is 0 Å². The van der Waals surface area contributed by atoms with Gasteiger partial charge in [-0.2, -0.15) is 5.26 Å². The Kier molecular flexibility index (Phi) is 5.74. The van der Waals surface area contributed by atoms with Gasteiger partial charge in [-0.25, -0.2) is 0 Å². The van der Waals surface area contributed by atoms with E-state index >= 15 is 0 Å². The fraction of sp³-hybridized carbons (Fsp3) is 0.364. The van der Waals surface area contributed by atoms with Gasteiger partial charge >= 0.3 is 0 Å². The molecule has 15 heavy (non-hydrogen) atoms. The van der Waals surface area contributed by atoms with Crippen LogP contribution in [0.4, 0.5) is 0 Å². The smallest absolute Gasteiger partial charge is 0.123 e. The summed E-state index contributed by atoms with van der Waals surface area (Å²) in [7, 11) is 0.